The van der Waals surface area contributed by atoms with E-state index >= 15 is 0 Å². The van der Waals surface area contributed by atoms with Gasteiger partial charge in [0.15, 0.2) is 0 Å². The van der Waals surface area contributed by atoms with Gasteiger partial charge in [-0.15, -0.1) is 11.3 Å². The normalized spacial score (nSPS) is 17.7. The Balaban J connectivity index is 1.64. The summed E-state index contributed by atoms with van der Waals surface area (Å²) in [6, 6.07) is 6.24. The number of aryl methyl sites for hydroxylation is 2. The lowest BCUT2D eigenvalue weighted by molar-refractivity contribution is 0.815. The van der Waals surface area contributed by atoms with Crippen molar-refractivity contribution in [3.05, 3.63) is 51.5 Å². The van der Waals surface area contributed by atoms with Crippen LogP contribution in [0.15, 0.2) is 35.5 Å². The van der Waals surface area contributed by atoms with E-state index in [-0.39, 0.29) is 0 Å². The molecule has 2 aromatic rings. The molecule has 21 heavy (non-hydrogen) atoms. The maximum absolute atomic E-state index is 4.29. The molecular formula is C16H18N4S. The molecule has 0 spiro atoms. The molecule has 4 nitrogen and oxygen atoms in total. The van der Waals surface area contributed by atoms with Crippen LogP contribution in [0.2, 0.25) is 0 Å². The molecule has 0 radical (unpaired) electrons. The minimum absolute atomic E-state index is 0.541. The molecule has 1 N–H and O–H groups in total. The SMILES string of the molecule is Cc1cc(C)nc(NN=Cc2ccc(C3C=CCC3)s2)n1. The second-order valence-electron chi connectivity index (χ2n) is 5.20. The van der Waals surface area contributed by atoms with Gasteiger partial charge in [-0.3, -0.25) is 0 Å². The van der Waals surface area contributed by atoms with Gasteiger partial charge < -0.3 is 0 Å². The zero-order chi connectivity index (χ0) is 14.7. The number of hydrazone groups is 1. The van der Waals surface area contributed by atoms with E-state index in [1.165, 1.54) is 17.7 Å². The van der Waals surface area contributed by atoms with Gasteiger partial charge in [-0.05, 0) is 44.9 Å². The molecule has 108 valence electrons. The summed E-state index contributed by atoms with van der Waals surface area (Å²) in [5, 5.41) is 4.23. The summed E-state index contributed by atoms with van der Waals surface area (Å²) in [4.78, 5) is 11.1. The lowest BCUT2D eigenvalue weighted by atomic mass is 10.1. The maximum atomic E-state index is 4.29. The number of allylic oxidation sites excluding steroid dienone is 2. The molecule has 0 aliphatic heterocycles. The van der Waals surface area contributed by atoms with Crippen molar-refractivity contribution in [2.45, 2.75) is 32.6 Å². The zero-order valence-electron chi connectivity index (χ0n) is 12.2. The van der Waals surface area contributed by atoms with Crippen LogP contribution >= 0.6 is 11.3 Å². The third-order valence-corrected chi connectivity index (χ3v) is 4.52. The van der Waals surface area contributed by atoms with Gasteiger partial charge in [0.05, 0.1) is 6.21 Å². The minimum atomic E-state index is 0.541. The lowest BCUT2D eigenvalue weighted by Crippen LogP contribution is -1.99. The third kappa shape index (κ3) is 3.55. The summed E-state index contributed by atoms with van der Waals surface area (Å²) in [5.41, 5.74) is 4.77. The number of nitrogens with one attached hydrogen (secondary N) is 1. The Morgan fingerprint density at radius 2 is 2.10 bits per heavy atom. The molecule has 5 heteroatoms. The fourth-order valence-corrected chi connectivity index (χ4v) is 3.43. The number of hydrogen-bond donors (Lipinski definition) is 1. The number of hydrogen-bond acceptors (Lipinski definition) is 5. The van der Waals surface area contributed by atoms with Crippen LogP contribution in [0.5, 0.6) is 0 Å². The van der Waals surface area contributed by atoms with E-state index in [0.29, 0.717) is 11.9 Å². The Kier molecular flexibility index (Phi) is 4.10. The highest BCUT2D eigenvalue weighted by Gasteiger charge is 2.13. The summed E-state index contributed by atoms with van der Waals surface area (Å²) < 4.78 is 0. The third-order valence-electron chi connectivity index (χ3n) is 3.36. The van der Waals surface area contributed by atoms with Gasteiger partial charge in [0.1, 0.15) is 0 Å². The molecule has 0 saturated heterocycles. The van der Waals surface area contributed by atoms with E-state index in [2.05, 4.69) is 44.8 Å². The van der Waals surface area contributed by atoms with E-state index in [9.17, 15) is 0 Å². The van der Waals surface area contributed by atoms with Crippen LogP contribution in [-0.4, -0.2) is 16.2 Å². The molecule has 0 fully saturated rings. The smallest absolute Gasteiger partial charge is 0.243 e. The molecule has 1 atom stereocenters. The Bertz CT molecular complexity index is 667. The predicted octanol–water partition coefficient (Wildman–Crippen LogP) is 4.03. The van der Waals surface area contributed by atoms with Crippen molar-refractivity contribution in [2.24, 2.45) is 5.10 Å². The molecule has 3 rings (SSSR count). The molecule has 1 aliphatic carbocycles. The van der Waals surface area contributed by atoms with Gasteiger partial charge in [0, 0.05) is 27.1 Å². The van der Waals surface area contributed by atoms with Crippen LogP contribution in [-0.2, 0) is 0 Å². The van der Waals surface area contributed by atoms with Crippen LogP contribution in [0, 0.1) is 13.8 Å². The van der Waals surface area contributed by atoms with E-state index in [4.69, 9.17) is 0 Å². The Morgan fingerprint density at radius 1 is 1.29 bits per heavy atom. The van der Waals surface area contributed by atoms with Crippen LogP contribution in [0.4, 0.5) is 5.95 Å². The highest BCUT2D eigenvalue weighted by atomic mass is 32.1. The van der Waals surface area contributed by atoms with Crippen LogP contribution in [0.3, 0.4) is 0 Å². The quantitative estimate of drug-likeness (QED) is 0.526. The van der Waals surface area contributed by atoms with Crippen molar-refractivity contribution in [3.8, 4) is 0 Å². The monoisotopic (exact) mass is 298 g/mol. The zero-order valence-corrected chi connectivity index (χ0v) is 13.0. The number of anilines is 1. The van der Waals surface area contributed by atoms with Crippen molar-refractivity contribution >= 4 is 23.5 Å². The molecule has 1 unspecified atom stereocenters. The van der Waals surface area contributed by atoms with Gasteiger partial charge >= 0.3 is 0 Å². The van der Waals surface area contributed by atoms with Gasteiger partial charge in [0.25, 0.3) is 0 Å². The molecule has 1 aliphatic rings. The fraction of sp³-hybridized carbons (Fsp3) is 0.312. The summed E-state index contributed by atoms with van der Waals surface area (Å²) >= 11 is 1.79. The summed E-state index contributed by atoms with van der Waals surface area (Å²) in [7, 11) is 0. The predicted molar refractivity (Wildman–Crippen MR) is 88.2 cm³/mol. The van der Waals surface area contributed by atoms with E-state index in [1.807, 2.05) is 26.1 Å². The van der Waals surface area contributed by atoms with E-state index < -0.39 is 0 Å². The average Bonchev–Trinajstić information content (AvgIpc) is 3.08. The number of aromatic nitrogens is 2. The largest absolute Gasteiger partial charge is 0.245 e. The summed E-state index contributed by atoms with van der Waals surface area (Å²) in [6.45, 7) is 3.90. The van der Waals surface area contributed by atoms with Gasteiger partial charge in [0.2, 0.25) is 5.95 Å². The first kappa shape index (κ1) is 13.9. The Hall–Kier alpha value is -2.01. The fourth-order valence-electron chi connectivity index (χ4n) is 2.44. The molecule has 0 bridgehead atoms. The van der Waals surface area contributed by atoms with Crippen molar-refractivity contribution in [2.75, 3.05) is 5.43 Å². The Labute approximate surface area is 128 Å². The first-order valence-electron chi connectivity index (χ1n) is 7.08. The van der Waals surface area contributed by atoms with Gasteiger partial charge in [-0.25, -0.2) is 15.4 Å². The first-order valence-corrected chi connectivity index (χ1v) is 7.90. The minimum Gasteiger partial charge on any atom is -0.245 e. The van der Waals surface area contributed by atoms with Crippen molar-refractivity contribution in [1.29, 1.82) is 0 Å². The molecule has 0 amide bonds. The summed E-state index contributed by atoms with van der Waals surface area (Å²) in [6.07, 6.45) is 8.81. The topological polar surface area (TPSA) is 50.2 Å². The Morgan fingerprint density at radius 3 is 2.81 bits per heavy atom. The average molecular weight is 298 g/mol. The maximum Gasteiger partial charge on any atom is 0.243 e. The van der Waals surface area contributed by atoms with Crippen LogP contribution in [0.25, 0.3) is 0 Å². The van der Waals surface area contributed by atoms with Crippen LogP contribution in [0.1, 0.15) is 39.9 Å². The molecular weight excluding hydrogens is 280 g/mol. The molecule has 0 aromatic carbocycles. The standard InChI is InChI=1S/C16H18N4S/c1-11-9-12(2)19-16(18-11)20-17-10-14-7-8-15(21-14)13-5-3-4-6-13/h3,5,7-10,13H,4,6H2,1-2H3,(H,18,19,20). The number of nitrogens with zero attached hydrogens (tertiary/aromatic N) is 3. The number of rotatable bonds is 4. The highest BCUT2D eigenvalue weighted by Crippen LogP contribution is 2.32. The molecule has 0 saturated carbocycles. The van der Waals surface area contributed by atoms with Crippen molar-refractivity contribution in [1.82, 2.24) is 9.97 Å². The van der Waals surface area contributed by atoms with Gasteiger partial charge in [-0.2, -0.15) is 5.10 Å². The lowest BCUT2D eigenvalue weighted by Gasteiger charge is -2.02. The van der Waals surface area contributed by atoms with E-state index in [1.54, 1.807) is 11.3 Å². The number of thiophene rings is 1. The van der Waals surface area contributed by atoms with Crippen molar-refractivity contribution in [3.63, 3.8) is 0 Å². The second kappa shape index (κ2) is 6.18. The van der Waals surface area contributed by atoms with E-state index in [0.717, 1.165) is 16.3 Å². The summed E-state index contributed by atoms with van der Waals surface area (Å²) in [5.74, 6) is 1.13. The van der Waals surface area contributed by atoms with Crippen molar-refractivity contribution < 1.29 is 0 Å². The highest BCUT2D eigenvalue weighted by molar-refractivity contribution is 7.13. The van der Waals surface area contributed by atoms with Crippen LogP contribution < -0.4 is 5.43 Å². The van der Waals surface area contributed by atoms with Gasteiger partial charge in [-0.1, -0.05) is 12.2 Å². The first-order chi connectivity index (χ1) is 10.2. The molecule has 2 heterocycles. The molecule has 2 aromatic heterocycles. The second-order valence-corrected chi connectivity index (χ2v) is 6.34.